The second-order valence-corrected chi connectivity index (χ2v) is 3.61. The molecule has 0 amide bonds. The second kappa shape index (κ2) is 4.35. The van der Waals surface area contributed by atoms with Crippen LogP contribution in [0.1, 0.15) is 18.3 Å². The minimum atomic E-state index is 0.702. The first-order valence-electron chi connectivity index (χ1n) is 4.83. The summed E-state index contributed by atoms with van der Waals surface area (Å²) in [4.78, 5) is 11.1. The van der Waals surface area contributed by atoms with Gasteiger partial charge in [0.2, 0.25) is 0 Å². The van der Waals surface area contributed by atoms with Gasteiger partial charge in [-0.05, 0) is 24.7 Å². The summed E-state index contributed by atoms with van der Waals surface area (Å²) in [6.45, 7) is 2.81. The van der Waals surface area contributed by atoms with E-state index in [1.54, 1.807) is 12.5 Å². The molecule has 0 unspecified atom stereocenters. The molecule has 0 saturated carbocycles. The topological polar surface area (TPSA) is 46.5 Å². The standard InChI is InChI=1S/C10H12N4S/c1-2-9-5-12-10(15)14(9)6-8-3-4-11-7-13-8/h3-5,7H,2,6H2,1H3,(H,12,15). The van der Waals surface area contributed by atoms with Gasteiger partial charge in [0.25, 0.3) is 0 Å². The highest BCUT2D eigenvalue weighted by molar-refractivity contribution is 7.71. The van der Waals surface area contributed by atoms with Gasteiger partial charge in [-0.2, -0.15) is 0 Å². The molecule has 0 aliphatic heterocycles. The zero-order valence-electron chi connectivity index (χ0n) is 8.47. The van der Waals surface area contributed by atoms with Crippen LogP contribution in [-0.4, -0.2) is 19.5 Å². The fourth-order valence-corrected chi connectivity index (χ4v) is 1.71. The number of hydrogen-bond acceptors (Lipinski definition) is 3. The Morgan fingerprint density at radius 2 is 2.40 bits per heavy atom. The van der Waals surface area contributed by atoms with Gasteiger partial charge in [-0.25, -0.2) is 9.97 Å². The molecule has 0 aliphatic carbocycles. The van der Waals surface area contributed by atoms with Crippen LogP contribution in [0.5, 0.6) is 0 Å². The van der Waals surface area contributed by atoms with Crippen molar-refractivity contribution >= 4 is 12.2 Å². The Balaban J connectivity index is 2.32. The van der Waals surface area contributed by atoms with E-state index in [1.807, 2.05) is 12.3 Å². The molecule has 4 nitrogen and oxygen atoms in total. The summed E-state index contributed by atoms with van der Waals surface area (Å²) in [6, 6.07) is 1.90. The minimum absolute atomic E-state index is 0.702. The van der Waals surface area contributed by atoms with Crippen molar-refractivity contribution in [2.75, 3.05) is 0 Å². The highest BCUT2D eigenvalue weighted by Crippen LogP contribution is 2.05. The summed E-state index contributed by atoms with van der Waals surface area (Å²) in [5.41, 5.74) is 2.16. The second-order valence-electron chi connectivity index (χ2n) is 3.23. The molecule has 2 aromatic rings. The minimum Gasteiger partial charge on any atom is -0.337 e. The van der Waals surface area contributed by atoms with Crippen molar-refractivity contribution < 1.29 is 0 Å². The van der Waals surface area contributed by atoms with Crippen LogP contribution in [0.2, 0.25) is 0 Å². The Bertz CT molecular complexity index is 486. The Kier molecular flexibility index (Phi) is 2.91. The number of aromatic amines is 1. The van der Waals surface area contributed by atoms with Gasteiger partial charge in [0, 0.05) is 18.1 Å². The monoisotopic (exact) mass is 220 g/mol. The number of aryl methyl sites for hydroxylation is 1. The number of nitrogens with one attached hydrogen (secondary N) is 1. The van der Waals surface area contributed by atoms with Crippen molar-refractivity contribution in [3.63, 3.8) is 0 Å². The lowest BCUT2D eigenvalue weighted by Gasteiger charge is -2.05. The van der Waals surface area contributed by atoms with E-state index in [-0.39, 0.29) is 0 Å². The zero-order chi connectivity index (χ0) is 10.7. The van der Waals surface area contributed by atoms with Crippen molar-refractivity contribution in [3.8, 4) is 0 Å². The van der Waals surface area contributed by atoms with Gasteiger partial charge in [0.15, 0.2) is 4.77 Å². The van der Waals surface area contributed by atoms with Gasteiger partial charge in [-0.3, -0.25) is 0 Å². The number of aromatic nitrogens is 4. The molecule has 2 rings (SSSR count). The zero-order valence-corrected chi connectivity index (χ0v) is 9.29. The summed E-state index contributed by atoms with van der Waals surface area (Å²) >= 11 is 5.20. The van der Waals surface area contributed by atoms with Crippen molar-refractivity contribution in [3.05, 3.63) is 40.9 Å². The predicted molar refractivity (Wildman–Crippen MR) is 60.1 cm³/mol. The van der Waals surface area contributed by atoms with Gasteiger partial charge in [-0.1, -0.05) is 6.92 Å². The van der Waals surface area contributed by atoms with Gasteiger partial charge in [0.1, 0.15) is 6.33 Å². The van der Waals surface area contributed by atoms with E-state index < -0.39 is 0 Å². The van der Waals surface area contributed by atoms with Crippen molar-refractivity contribution in [1.29, 1.82) is 0 Å². The van der Waals surface area contributed by atoms with E-state index in [0.29, 0.717) is 6.54 Å². The van der Waals surface area contributed by atoms with Gasteiger partial charge in [0.05, 0.1) is 12.2 Å². The molecule has 2 aromatic heterocycles. The first-order chi connectivity index (χ1) is 7.31. The van der Waals surface area contributed by atoms with Crippen LogP contribution in [0.15, 0.2) is 24.8 Å². The number of imidazole rings is 1. The number of rotatable bonds is 3. The summed E-state index contributed by atoms with van der Waals surface area (Å²) in [5.74, 6) is 0. The first kappa shape index (κ1) is 10.0. The molecular formula is C10H12N4S. The average Bonchev–Trinajstić information content (AvgIpc) is 2.62. The van der Waals surface area contributed by atoms with Crippen LogP contribution in [0.25, 0.3) is 0 Å². The molecule has 0 aromatic carbocycles. The normalized spacial score (nSPS) is 10.5. The molecule has 0 fully saturated rings. The van der Waals surface area contributed by atoms with Gasteiger partial charge < -0.3 is 9.55 Å². The van der Waals surface area contributed by atoms with Crippen molar-refractivity contribution in [1.82, 2.24) is 19.5 Å². The average molecular weight is 220 g/mol. The van der Waals surface area contributed by atoms with E-state index in [2.05, 4.69) is 26.4 Å². The molecule has 15 heavy (non-hydrogen) atoms. The molecule has 0 saturated heterocycles. The first-order valence-corrected chi connectivity index (χ1v) is 5.24. The summed E-state index contributed by atoms with van der Waals surface area (Å²) in [7, 11) is 0. The largest absolute Gasteiger partial charge is 0.337 e. The predicted octanol–water partition coefficient (Wildman–Crippen LogP) is 1.95. The highest BCUT2D eigenvalue weighted by atomic mass is 32.1. The van der Waals surface area contributed by atoms with Crippen LogP contribution >= 0.6 is 12.2 Å². The molecule has 0 aliphatic rings. The molecule has 0 radical (unpaired) electrons. The van der Waals surface area contributed by atoms with E-state index in [0.717, 1.165) is 16.9 Å². The number of hydrogen-bond donors (Lipinski definition) is 1. The maximum absolute atomic E-state index is 5.20. The Morgan fingerprint density at radius 3 is 3.07 bits per heavy atom. The quantitative estimate of drug-likeness (QED) is 0.804. The molecule has 78 valence electrons. The molecule has 5 heteroatoms. The third kappa shape index (κ3) is 2.12. The third-order valence-corrected chi connectivity index (χ3v) is 2.62. The van der Waals surface area contributed by atoms with Crippen LogP contribution in [0.4, 0.5) is 0 Å². The lowest BCUT2D eigenvalue weighted by molar-refractivity contribution is 0.716. The number of nitrogens with zero attached hydrogens (tertiary/aromatic N) is 3. The van der Waals surface area contributed by atoms with E-state index in [9.17, 15) is 0 Å². The fraction of sp³-hybridized carbons (Fsp3) is 0.300. The maximum Gasteiger partial charge on any atom is 0.177 e. The van der Waals surface area contributed by atoms with Gasteiger partial charge >= 0.3 is 0 Å². The van der Waals surface area contributed by atoms with Crippen LogP contribution < -0.4 is 0 Å². The Labute approximate surface area is 93.0 Å². The lowest BCUT2D eigenvalue weighted by Crippen LogP contribution is -2.05. The molecule has 1 N–H and O–H groups in total. The highest BCUT2D eigenvalue weighted by Gasteiger charge is 2.03. The molecular weight excluding hydrogens is 208 g/mol. The fourth-order valence-electron chi connectivity index (χ4n) is 1.47. The van der Waals surface area contributed by atoms with Gasteiger partial charge in [-0.15, -0.1) is 0 Å². The SMILES string of the molecule is CCc1c[nH]c(=S)n1Cc1ccncn1. The van der Waals surface area contributed by atoms with Crippen molar-refractivity contribution in [2.45, 2.75) is 19.9 Å². The molecule has 0 atom stereocenters. The van der Waals surface area contributed by atoms with Crippen LogP contribution in [-0.2, 0) is 13.0 Å². The maximum atomic E-state index is 5.20. The molecule has 0 spiro atoms. The molecule has 0 bridgehead atoms. The molecule has 2 heterocycles. The van der Waals surface area contributed by atoms with E-state index in [4.69, 9.17) is 12.2 Å². The van der Waals surface area contributed by atoms with Crippen LogP contribution in [0, 0.1) is 4.77 Å². The van der Waals surface area contributed by atoms with E-state index in [1.165, 1.54) is 5.69 Å². The Morgan fingerprint density at radius 1 is 1.53 bits per heavy atom. The number of H-pyrrole nitrogens is 1. The third-order valence-electron chi connectivity index (χ3n) is 2.28. The van der Waals surface area contributed by atoms with Crippen molar-refractivity contribution in [2.24, 2.45) is 0 Å². The lowest BCUT2D eigenvalue weighted by atomic mass is 10.3. The summed E-state index contributed by atoms with van der Waals surface area (Å²) < 4.78 is 2.79. The smallest absolute Gasteiger partial charge is 0.177 e. The van der Waals surface area contributed by atoms with Crippen LogP contribution in [0.3, 0.4) is 0 Å². The van der Waals surface area contributed by atoms with E-state index >= 15 is 0 Å². The Hall–Kier alpha value is -1.49. The summed E-state index contributed by atoms with van der Waals surface area (Å²) in [6.07, 6.45) is 6.20. The summed E-state index contributed by atoms with van der Waals surface area (Å²) in [5, 5.41) is 0.